The molecule has 36 heavy (non-hydrogen) atoms. The molecule has 0 aliphatic heterocycles. The second kappa shape index (κ2) is 18.3. The zero-order chi connectivity index (χ0) is 26.8. The molecule has 0 saturated heterocycles. The summed E-state index contributed by atoms with van der Waals surface area (Å²) in [5.41, 5.74) is 0.959. The van der Waals surface area contributed by atoms with Crippen LogP contribution in [0.1, 0.15) is 77.6 Å². The number of methoxy groups -OCH3 is 2. The fraction of sp³-hybridized carbons (Fsp3) is 0.720. The Morgan fingerprint density at radius 3 is 2.03 bits per heavy atom. The molecule has 1 aliphatic rings. The van der Waals surface area contributed by atoms with Crippen LogP contribution < -0.4 is 5.32 Å². The number of nitrogens with one attached hydrogen (secondary N) is 1. The molecule has 1 rings (SSSR count). The molecule has 204 valence electrons. The summed E-state index contributed by atoms with van der Waals surface area (Å²) in [6.45, 7) is 3.12. The Hall–Kier alpha value is -2.95. The number of allylic oxidation sites excluding steroid dienone is 2. The molecule has 0 saturated carbocycles. The number of carbonyl (C=O) groups is 3. The number of ether oxygens (including phenoxy) is 3. The zero-order valence-corrected chi connectivity index (χ0v) is 21.7. The van der Waals surface area contributed by atoms with Gasteiger partial charge in [-0.25, -0.2) is 0 Å². The molecule has 0 heterocycles. The molecular formula is C25H40N2O9. The Morgan fingerprint density at radius 1 is 0.833 bits per heavy atom. The molecule has 0 amide bonds. The average molecular weight is 513 g/mol. The molecule has 1 aliphatic carbocycles. The van der Waals surface area contributed by atoms with Crippen molar-refractivity contribution in [1.29, 1.82) is 0 Å². The van der Waals surface area contributed by atoms with Gasteiger partial charge in [-0.2, -0.15) is 0 Å². The van der Waals surface area contributed by atoms with Crippen LogP contribution >= 0.6 is 0 Å². The first-order valence-corrected chi connectivity index (χ1v) is 12.6. The van der Waals surface area contributed by atoms with Crippen molar-refractivity contribution in [1.82, 2.24) is 5.32 Å². The number of hydrogen-bond donors (Lipinski definition) is 1. The normalized spacial score (nSPS) is 13.8. The van der Waals surface area contributed by atoms with E-state index in [9.17, 15) is 24.5 Å². The molecule has 0 radical (unpaired) electrons. The number of esters is 1. The first-order chi connectivity index (χ1) is 17.3. The lowest BCUT2D eigenvalue weighted by Gasteiger charge is -2.20. The van der Waals surface area contributed by atoms with Gasteiger partial charge in [-0.3, -0.25) is 14.4 Å². The summed E-state index contributed by atoms with van der Waals surface area (Å²) in [5.74, 6) is -0.832. The maximum Gasteiger partial charge on any atom is 0.307 e. The van der Waals surface area contributed by atoms with Crippen molar-refractivity contribution in [3.8, 4) is 0 Å². The number of ketones is 2. The van der Waals surface area contributed by atoms with Crippen molar-refractivity contribution in [2.75, 3.05) is 40.5 Å². The van der Waals surface area contributed by atoms with Crippen molar-refractivity contribution in [2.45, 2.75) is 77.6 Å². The summed E-state index contributed by atoms with van der Waals surface area (Å²) in [6, 6.07) is 0. The summed E-state index contributed by atoms with van der Waals surface area (Å²) in [4.78, 5) is 50.8. The highest BCUT2D eigenvalue weighted by molar-refractivity contribution is 6.23. The van der Waals surface area contributed by atoms with E-state index in [1.54, 1.807) is 6.92 Å². The highest BCUT2D eigenvalue weighted by Crippen LogP contribution is 2.28. The van der Waals surface area contributed by atoms with Crippen LogP contribution in [-0.2, 0) is 33.4 Å². The molecule has 0 spiro atoms. The largest absolute Gasteiger partial charge is 0.489 e. The Bertz CT molecular complexity index is 805. The van der Waals surface area contributed by atoms with E-state index in [1.807, 2.05) is 0 Å². The van der Waals surface area contributed by atoms with E-state index in [1.165, 1.54) is 14.2 Å². The second-order valence-electron chi connectivity index (χ2n) is 8.54. The van der Waals surface area contributed by atoms with E-state index in [4.69, 9.17) is 14.2 Å². The zero-order valence-electron chi connectivity index (χ0n) is 21.7. The number of nitrogens with zero attached hydrogens (tertiary/aromatic N) is 1. The van der Waals surface area contributed by atoms with E-state index in [-0.39, 0.29) is 42.1 Å². The van der Waals surface area contributed by atoms with Gasteiger partial charge in [-0.15, -0.1) is 10.1 Å². The first-order valence-electron chi connectivity index (χ1n) is 12.6. The van der Waals surface area contributed by atoms with Gasteiger partial charge in [-0.05, 0) is 39.2 Å². The number of hydrogen-bond acceptors (Lipinski definition) is 10. The Labute approximate surface area is 212 Å². The minimum Gasteiger partial charge on any atom is -0.489 e. The highest BCUT2D eigenvalue weighted by atomic mass is 16.9. The van der Waals surface area contributed by atoms with Crippen LogP contribution in [0.5, 0.6) is 0 Å². The van der Waals surface area contributed by atoms with E-state index in [0.29, 0.717) is 43.7 Å². The highest BCUT2D eigenvalue weighted by Gasteiger charge is 2.34. The van der Waals surface area contributed by atoms with Crippen LogP contribution in [-0.4, -0.2) is 63.1 Å². The maximum absolute atomic E-state index is 12.6. The van der Waals surface area contributed by atoms with Crippen LogP contribution in [0, 0.1) is 10.1 Å². The molecule has 0 fully saturated rings. The van der Waals surface area contributed by atoms with Gasteiger partial charge in [-0.1, -0.05) is 38.5 Å². The number of rotatable bonds is 21. The molecule has 11 nitrogen and oxygen atoms in total. The molecule has 1 N–H and O–H groups in total. The van der Waals surface area contributed by atoms with E-state index >= 15 is 0 Å². The Morgan fingerprint density at radius 2 is 1.42 bits per heavy atom. The number of carbonyl (C=O) groups excluding carboxylic acids is 3. The standard InChI is InChI=1S/C25H40N2O9/c1-19-20(23(30)25(34-3)24(33-2)22(19)29)13-10-8-6-4-5-7-9-11-17-35-21(28)14-16-26-15-12-18-36-27(31)32/h26H,4-18H2,1-3H3. The van der Waals surface area contributed by atoms with Crippen molar-refractivity contribution < 1.29 is 38.5 Å². The number of unbranched alkanes of at least 4 members (excludes halogenated alkanes) is 7. The van der Waals surface area contributed by atoms with Crippen molar-refractivity contribution in [3.63, 3.8) is 0 Å². The van der Waals surface area contributed by atoms with E-state index in [2.05, 4.69) is 10.2 Å². The molecule has 0 aromatic heterocycles. The summed E-state index contributed by atoms with van der Waals surface area (Å²) in [5, 5.41) is 12.2. The van der Waals surface area contributed by atoms with Crippen LogP contribution in [0.25, 0.3) is 0 Å². The smallest absolute Gasteiger partial charge is 0.307 e. The summed E-state index contributed by atoms with van der Waals surface area (Å²) >= 11 is 0. The van der Waals surface area contributed by atoms with Gasteiger partial charge in [0.05, 0.1) is 33.9 Å². The van der Waals surface area contributed by atoms with Gasteiger partial charge in [0.2, 0.25) is 23.1 Å². The fourth-order valence-electron chi connectivity index (χ4n) is 3.87. The molecule has 0 unspecified atom stereocenters. The number of Topliss-reactive ketones (excluding diaryl/α,β-unsaturated/α-hetero) is 2. The van der Waals surface area contributed by atoms with Crippen LogP contribution in [0.4, 0.5) is 0 Å². The molecular weight excluding hydrogens is 472 g/mol. The maximum atomic E-state index is 12.6. The van der Waals surface area contributed by atoms with Crippen LogP contribution in [0.3, 0.4) is 0 Å². The third-order valence-electron chi connectivity index (χ3n) is 5.88. The monoisotopic (exact) mass is 512 g/mol. The van der Waals surface area contributed by atoms with Gasteiger partial charge in [0.25, 0.3) is 5.09 Å². The summed E-state index contributed by atoms with van der Waals surface area (Å²) in [7, 11) is 2.72. The minimum atomic E-state index is -0.821. The lowest BCUT2D eigenvalue weighted by atomic mass is 9.89. The molecule has 11 heteroatoms. The van der Waals surface area contributed by atoms with Gasteiger partial charge >= 0.3 is 5.97 Å². The van der Waals surface area contributed by atoms with Gasteiger partial charge in [0.1, 0.15) is 0 Å². The third-order valence-corrected chi connectivity index (χ3v) is 5.88. The predicted octanol–water partition coefficient (Wildman–Crippen LogP) is 3.59. The Balaban J connectivity index is 2.01. The second-order valence-corrected chi connectivity index (χ2v) is 8.54. The SMILES string of the molecule is COC1=C(OC)C(=O)C(CCCCCCCCCCOC(=O)CCNCCCO[N+](=O)[O-])=C(C)C1=O. The van der Waals surface area contributed by atoms with Crippen molar-refractivity contribution >= 4 is 17.5 Å². The van der Waals surface area contributed by atoms with Crippen molar-refractivity contribution in [2.24, 2.45) is 0 Å². The van der Waals surface area contributed by atoms with Crippen LogP contribution in [0.15, 0.2) is 22.7 Å². The van der Waals surface area contributed by atoms with Gasteiger partial charge in [0, 0.05) is 17.7 Å². The van der Waals surface area contributed by atoms with E-state index in [0.717, 1.165) is 51.4 Å². The molecule has 0 aromatic carbocycles. The Kier molecular flexibility index (Phi) is 15.8. The van der Waals surface area contributed by atoms with Crippen LogP contribution in [0.2, 0.25) is 0 Å². The topological polar surface area (TPSA) is 143 Å². The van der Waals surface area contributed by atoms with Gasteiger partial charge in [0.15, 0.2) is 0 Å². The summed E-state index contributed by atoms with van der Waals surface area (Å²) in [6.07, 6.45) is 9.30. The fourth-order valence-corrected chi connectivity index (χ4v) is 3.87. The summed E-state index contributed by atoms with van der Waals surface area (Å²) < 4.78 is 15.4. The van der Waals surface area contributed by atoms with Gasteiger partial charge < -0.3 is 24.4 Å². The first kappa shape index (κ1) is 31.1. The molecule has 0 atom stereocenters. The quantitative estimate of drug-likeness (QED) is 0.0796. The minimum absolute atomic E-state index is 0.0107. The van der Waals surface area contributed by atoms with E-state index < -0.39 is 5.09 Å². The molecule has 0 aromatic rings. The third kappa shape index (κ3) is 11.7. The average Bonchev–Trinajstić information content (AvgIpc) is 2.85. The lowest BCUT2D eigenvalue weighted by Crippen LogP contribution is -2.25. The predicted molar refractivity (Wildman–Crippen MR) is 131 cm³/mol. The lowest BCUT2D eigenvalue weighted by molar-refractivity contribution is -0.757. The van der Waals surface area contributed by atoms with Crippen molar-refractivity contribution in [3.05, 3.63) is 32.8 Å². The molecule has 0 bridgehead atoms.